The van der Waals surface area contributed by atoms with Gasteiger partial charge < -0.3 is 34.2 Å². The van der Waals surface area contributed by atoms with E-state index in [1.165, 1.54) is 5.38 Å². The second kappa shape index (κ2) is 17.4. The highest BCUT2D eigenvalue weighted by molar-refractivity contribution is 7.14. The van der Waals surface area contributed by atoms with Crippen LogP contribution in [0.15, 0.2) is 47.3 Å². The fourth-order valence-corrected chi connectivity index (χ4v) is 4.96. The fraction of sp³-hybridized carbons (Fsp3) is 0.514. The summed E-state index contributed by atoms with van der Waals surface area (Å²) in [7, 11) is 1.92. The number of carboxylic acids is 1. The summed E-state index contributed by atoms with van der Waals surface area (Å²) in [5.41, 5.74) is -1.06. The van der Waals surface area contributed by atoms with Crippen LogP contribution in [0.3, 0.4) is 0 Å². The van der Waals surface area contributed by atoms with Crippen molar-refractivity contribution in [2.75, 3.05) is 18.5 Å². The minimum absolute atomic E-state index is 0.0754. The Kier molecular flexibility index (Phi) is 13.8. The molecule has 0 aliphatic carbocycles. The number of rotatable bonds is 14. The predicted octanol–water partition coefficient (Wildman–Crippen LogP) is 5.29. The number of nitrogens with zero attached hydrogens (tertiary/aromatic N) is 4. The van der Waals surface area contributed by atoms with Crippen LogP contribution in [0.1, 0.15) is 74.4 Å². The Morgan fingerprint density at radius 1 is 0.942 bits per heavy atom. The number of imidazole rings is 1. The van der Waals surface area contributed by atoms with Crippen LogP contribution in [-0.4, -0.2) is 80.6 Å². The second-order valence-corrected chi connectivity index (χ2v) is 15.5. The van der Waals surface area contributed by atoms with Crippen molar-refractivity contribution in [1.29, 1.82) is 0 Å². The third-order valence-corrected chi connectivity index (χ3v) is 7.06. The van der Waals surface area contributed by atoms with E-state index in [0.717, 1.165) is 22.6 Å². The summed E-state index contributed by atoms with van der Waals surface area (Å²) in [6.07, 6.45) is 1.99. The van der Waals surface area contributed by atoms with Gasteiger partial charge in [-0.15, -0.1) is 11.3 Å². The standard InChI is InChI=1S/C35H48N6O10S/c1-33(2,3)48-29(44)26(51-39-27(28(42)43)24-20-52-30(37-24)38-32(46)50-35(7,8)9)19-47-23-14-12-22(13-15-23)25-18-41(21-40(25)10)17-11-16-36-31(45)49-34(4,5)6/h12-15,18,20-21,26H,11,16-17,19H2,1-10H3,(H2-,36,37,38,42,43,45,46)/p+1. The molecule has 0 saturated carbocycles. The highest BCUT2D eigenvalue weighted by Gasteiger charge is 2.30. The highest BCUT2D eigenvalue weighted by Crippen LogP contribution is 2.22. The van der Waals surface area contributed by atoms with E-state index in [4.69, 9.17) is 23.8 Å². The Morgan fingerprint density at radius 3 is 2.15 bits per heavy atom. The van der Waals surface area contributed by atoms with Gasteiger partial charge in [0.1, 0.15) is 41.1 Å². The van der Waals surface area contributed by atoms with Crippen molar-refractivity contribution in [2.45, 2.75) is 98.2 Å². The molecule has 284 valence electrons. The zero-order valence-electron chi connectivity index (χ0n) is 31.3. The molecular formula is C35H49N6O10S+. The van der Waals surface area contributed by atoms with Gasteiger partial charge in [0.2, 0.25) is 12.0 Å². The van der Waals surface area contributed by atoms with Gasteiger partial charge in [-0.3, -0.25) is 5.32 Å². The van der Waals surface area contributed by atoms with Crippen LogP contribution >= 0.6 is 11.3 Å². The van der Waals surface area contributed by atoms with Crippen molar-refractivity contribution >= 4 is 46.3 Å². The number of thiazole rings is 1. The summed E-state index contributed by atoms with van der Waals surface area (Å²) in [6, 6.07) is 7.16. The van der Waals surface area contributed by atoms with Gasteiger partial charge in [0, 0.05) is 23.9 Å². The van der Waals surface area contributed by atoms with Crippen LogP contribution in [0.4, 0.5) is 14.7 Å². The zero-order valence-corrected chi connectivity index (χ0v) is 32.1. The van der Waals surface area contributed by atoms with Crippen molar-refractivity contribution in [3.05, 3.63) is 47.9 Å². The largest absolute Gasteiger partial charge is 0.489 e. The van der Waals surface area contributed by atoms with Gasteiger partial charge >= 0.3 is 24.1 Å². The van der Waals surface area contributed by atoms with E-state index in [1.54, 1.807) is 53.7 Å². The Labute approximate surface area is 307 Å². The van der Waals surface area contributed by atoms with Crippen molar-refractivity contribution < 1.29 is 52.6 Å². The van der Waals surface area contributed by atoms with Gasteiger partial charge in [0.25, 0.3) is 6.10 Å². The molecular weight excluding hydrogens is 696 g/mol. The Bertz CT molecular complexity index is 1730. The molecule has 1 atom stereocenters. The van der Waals surface area contributed by atoms with E-state index in [2.05, 4.69) is 20.8 Å². The van der Waals surface area contributed by atoms with Gasteiger partial charge in [0.15, 0.2) is 10.8 Å². The number of esters is 1. The molecule has 2 aromatic heterocycles. The molecule has 3 rings (SSSR count). The average Bonchev–Trinajstić information content (AvgIpc) is 3.60. The first-order valence-electron chi connectivity index (χ1n) is 16.5. The molecule has 2 amide bonds. The monoisotopic (exact) mass is 745 g/mol. The highest BCUT2D eigenvalue weighted by atomic mass is 32.1. The quantitative estimate of drug-likeness (QED) is 0.0485. The molecule has 1 unspecified atom stereocenters. The number of carbonyl (C=O) groups is 4. The second-order valence-electron chi connectivity index (χ2n) is 14.6. The van der Waals surface area contributed by atoms with Gasteiger partial charge in [-0.2, -0.15) is 0 Å². The lowest BCUT2D eigenvalue weighted by Crippen LogP contribution is -2.37. The molecule has 0 aliphatic heterocycles. The number of alkyl carbamates (subject to hydrolysis) is 1. The number of hydrogen-bond acceptors (Lipinski definition) is 12. The third kappa shape index (κ3) is 14.2. The van der Waals surface area contributed by atoms with E-state index in [0.29, 0.717) is 25.3 Å². The SMILES string of the molecule is C[n+]1cn(CCCNC(=O)OC(C)(C)C)cc1-c1ccc(OCC(ON=C(C(=O)O)c2csc(NC(=O)OC(C)(C)C)n2)C(=O)OC(C)(C)C)cc1. The smallest absolute Gasteiger partial charge is 0.413 e. The van der Waals surface area contributed by atoms with Crippen molar-refractivity contribution in [2.24, 2.45) is 12.2 Å². The number of oxime groups is 1. The van der Waals surface area contributed by atoms with E-state index in [-0.39, 0.29) is 17.4 Å². The lowest BCUT2D eigenvalue weighted by Gasteiger charge is -2.23. The van der Waals surface area contributed by atoms with Crippen molar-refractivity contribution in [1.82, 2.24) is 14.9 Å². The topological polar surface area (TPSA) is 193 Å². The van der Waals surface area contributed by atoms with Crippen LogP contribution in [0.25, 0.3) is 11.3 Å². The number of amides is 2. The van der Waals surface area contributed by atoms with E-state index < -0.39 is 52.7 Å². The number of carboxylic acid groups (broad SMARTS) is 1. The molecule has 0 aliphatic rings. The normalized spacial score (nSPS) is 12.8. The molecule has 1 aromatic carbocycles. The predicted molar refractivity (Wildman–Crippen MR) is 192 cm³/mol. The molecule has 16 nitrogen and oxygen atoms in total. The Balaban J connectivity index is 1.67. The molecule has 17 heteroatoms. The number of anilines is 1. The van der Waals surface area contributed by atoms with Gasteiger partial charge in [-0.05, 0) is 86.6 Å². The van der Waals surface area contributed by atoms with Crippen molar-refractivity contribution in [3.63, 3.8) is 0 Å². The van der Waals surface area contributed by atoms with Crippen LogP contribution in [0, 0.1) is 0 Å². The lowest BCUT2D eigenvalue weighted by molar-refractivity contribution is -0.660. The summed E-state index contributed by atoms with van der Waals surface area (Å²) in [6.45, 7) is 16.4. The van der Waals surface area contributed by atoms with Crippen LogP contribution in [-0.2, 0) is 42.2 Å². The van der Waals surface area contributed by atoms with E-state index in [9.17, 15) is 24.3 Å². The maximum atomic E-state index is 13.0. The van der Waals surface area contributed by atoms with E-state index >= 15 is 0 Å². The third-order valence-electron chi connectivity index (χ3n) is 6.30. The number of benzene rings is 1. The van der Waals surface area contributed by atoms with Crippen molar-refractivity contribution in [3.8, 4) is 17.0 Å². The number of ether oxygens (including phenoxy) is 4. The summed E-state index contributed by atoms with van der Waals surface area (Å²) >= 11 is 0.954. The molecule has 0 saturated heterocycles. The number of hydrogen-bond donors (Lipinski definition) is 3. The summed E-state index contributed by atoms with van der Waals surface area (Å²) in [4.78, 5) is 58.6. The number of carbonyl (C=O) groups excluding carboxylic acids is 3. The lowest BCUT2D eigenvalue weighted by atomic mass is 10.1. The molecule has 3 N–H and O–H groups in total. The summed E-state index contributed by atoms with van der Waals surface area (Å²) in [5.74, 6) is -1.89. The zero-order chi connectivity index (χ0) is 38.9. The van der Waals surface area contributed by atoms with Gasteiger partial charge in [-0.25, -0.2) is 33.3 Å². The molecule has 0 fully saturated rings. The fourth-order valence-electron chi connectivity index (χ4n) is 4.28. The number of nitrogens with one attached hydrogen (secondary N) is 2. The Hall–Kier alpha value is -5.19. The number of aryl methyl sites for hydroxylation is 2. The molecule has 0 spiro atoms. The average molecular weight is 746 g/mol. The first-order chi connectivity index (χ1) is 24.1. The maximum Gasteiger partial charge on any atom is 0.413 e. The minimum atomic E-state index is -1.48. The first-order valence-corrected chi connectivity index (χ1v) is 17.4. The Morgan fingerprint density at radius 2 is 1.56 bits per heavy atom. The van der Waals surface area contributed by atoms with Gasteiger partial charge in [-0.1, -0.05) is 5.16 Å². The van der Waals surface area contributed by atoms with Crippen LogP contribution < -0.4 is 19.9 Å². The maximum absolute atomic E-state index is 13.0. The molecule has 2 heterocycles. The number of aliphatic carboxylic acids is 1. The van der Waals surface area contributed by atoms with Crippen LogP contribution in [0.2, 0.25) is 0 Å². The van der Waals surface area contributed by atoms with Crippen LogP contribution in [0.5, 0.6) is 5.75 Å². The van der Waals surface area contributed by atoms with E-state index in [1.807, 2.05) is 61.6 Å². The molecule has 0 radical (unpaired) electrons. The molecule has 52 heavy (non-hydrogen) atoms. The number of aromatic nitrogens is 3. The summed E-state index contributed by atoms with van der Waals surface area (Å²) < 4.78 is 25.8. The van der Waals surface area contributed by atoms with Gasteiger partial charge in [0.05, 0.1) is 13.6 Å². The summed E-state index contributed by atoms with van der Waals surface area (Å²) in [5, 5.41) is 20.2. The first kappa shape index (κ1) is 41.2. The molecule has 3 aromatic rings. The molecule has 0 bridgehead atoms. The minimum Gasteiger partial charge on any atom is -0.489 e.